The van der Waals surface area contributed by atoms with Crippen LogP contribution in [0.3, 0.4) is 0 Å². The lowest BCUT2D eigenvalue weighted by molar-refractivity contribution is 0.0768. The molecule has 1 aromatic carbocycles. The van der Waals surface area contributed by atoms with Gasteiger partial charge >= 0.3 is 0 Å². The summed E-state index contributed by atoms with van der Waals surface area (Å²) in [7, 11) is 1.85. The Labute approximate surface area is 184 Å². The van der Waals surface area contributed by atoms with Crippen LogP contribution in [0, 0.1) is 25.6 Å². The summed E-state index contributed by atoms with van der Waals surface area (Å²) < 4.78 is 16.2. The van der Waals surface area contributed by atoms with E-state index in [2.05, 4.69) is 15.1 Å². The summed E-state index contributed by atoms with van der Waals surface area (Å²) in [6.45, 7) is 6.77. The fourth-order valence-corrected chi connectivity index (χ4v) is 4.61. The van der Waals surface area contributed by atoms with Gasteiger partial charge in [-0.3, -0.25) is 14.5 Å². The second-order valence-electron chi connectivity index (χ2n) is 8.50. The van der Waals surface area contributed by atoms with Crippen LogP contribution in [0.5, 0.6) is 0 Å². The van der Waals surface area contributed by atoms with E-state index in [9.17, 15) is 9.18 Å². The van der Waals surface area contributed by atoms with Gasteiger partial charge in [0, 0.05) is 37.3 Å². The van der Waals surface area contributed by atoms with Crippen LogP contribution in [0.1, 0.15) is 28.5 Å². The number of aromatic nitrogens is 4. The fourth-order valence-electron chi connectivity index (χ4n) is 4.61. The van der Waals surface area contributed by atoms with E-state index in [1.165, 1.54) is 18.3 Å². The van der Waals surface area contributed by atoms with Crippen LogP contribution >= 0.6 is 0 Å². The number of rotatable bonds is 2. The molecular formula is C23H24FN7O. The largest absolute Gasteiger partial charge is 0.383 e. The molecule has 0 aliphatic carbocycles. The molecule has 1 unspecified atom stereocenters. The van der Waals surface area contributed by atoms with Crippen molar-refractivity contribution in [2.45, 2.75) is 20.8 Å². The first-order chi connectivity index (χ1) is 15.3. The highest BCUT2D eigenvalue weighted by atomic mass is 19.1. The molecule has 1 amide bonds. The number of benzene rings is 1. The monoisotopic (exact) mass is 433 g/mol. The van der Waals surface area contributed by atoms with Gasteiger partial charge in [-0.1, -0.05) is 6.92 Å². The van der Waals surface area contributed by atoms with Crippen molar-refractivity contribution in [2.24, 2.45) is 13.0 Å². The number of anilines is 2. The van der Waals surface area contributed by atoms with Gasteiger partial charge in [-0.25, -0.2) is 19.4 Å². The second kappa shape index (κ2) is 7.15. The third kappa shape index (κ3) is 2.96. The van der Waals surface area contributed by atoms with Gasteiger partial charge in [0.05, 0.1) is 22.1 Å². The number of nitrogen functional groups attached to an aromatic ring is 1. The molecule has 0 saturated carbocycles. The van der Waals surface area contributed by atoms with Crippen LogP contribution in [0.25, 0.3) is 21.8 Å². The lowest BCUT2D eigenvalue weighted by atomic mass is 10.0. The number of hydrogen-bond donors (Lipinski definition) is 1. The van der Waals surface area contributed by atoms with Gasteiger partial charge in [0.25, 0.3) is 5.91 Å². The molecule has 4 aromatic rings. The highest BCUT2D eigenvalue weighted by molar-refractivity contribution is 6.11. The lowest BCUT2D eigenvalue weighted by Crippen LogP contribution is -2.42. The third-order valence-electron chi connectivity index (χ3n) is 6.03. The summed E-state index contributed by atoms with van der Waals surface area (Å²) in [4.78, 5) is 22.4. The highest BCUT2D eigenvalue weighted by Crippen LogP contribution is 2.33. The Balaban J connectivity index is 1.66. The minimum Gasteiger partial charge on any atom is -0.383 e. The van der Waals surface area contributed by atoms with Crippen LogP contribution < -0.4 is 10.7 Å². The molecule has 1 aliphatic rings. The van der Waals surface area contributed by atoms with E-state index < -0.39 is 5.82 Å². The first kappa shape index (κ1) is 20.2. The van der Waals surface area contributed by atoms with Gasteiger partial charge in [0.2, 0.25) is 0 Å². The van der Waals surface area contributed by atoms with Crippen molar-refractivity contribution in [1.29, 1.82) is 0 Å². The van der Waals surface area contributed by atoms with Crippen LogP contribution in [0.4, 0.5) is 16.0 Å². The molecule has 1 atom stereocenters. The summed E-state index contributed by atoms with van der Waals surface area (Å²) in [6.07, 6.45) is 1.53. The molecule has 9 heteroatoms. The van der Waals surface area contributed by atoms with Crippen molar-refractivity contribution < 1.29 is 9.18 Å². The van der Waals surface area contributed by atoms with Gasteiger partial charge < -0.3 is 5.73 Å². The zero-order chi connectivity index (χ0) is 22.7. The first-order valence-electron chi connectivity index (χ1n) is 10.5. The molecule has 0 radical (unpaired) electrons. The van der Waals surface area contributed by atoms with Crippen molar-refractivity contribution in [3.8, 4) is 0 Å². The molecule has 4 heterocycles. The Hall–Kier alpha value is -3.75. The molecule has 32 heavy (non-hydrogen) atoms. The van der Waals surface area contributed by atoms with Crippen molar-refractivity contribution in [3.63, 3.8) is 0 Å². The van der Waals surface area contributed by atoms with Crippen LogP contribution in [-0.2, 0) is 7.05 Å². The average Bonchev–Trinajstić information content (AvgIpc) is 3.27. The Morgan fingerprint density at radius 2 is 2.03 bits per heavy atom. The molecule has 1 fully saturated rings. The molecule has 8 nitrogen and oxygen atoms in total. The molecule has 3 aromatic heterocycles. The van der Waals surface area contributed by atoms with Gasteiger partial charge in [-0.2, -0.15) is 5.10 Å². The van der Waals surface area contributed by atoms with Crippen molar-refractivity contribution in [2.75, 3.05) is 23.8 Å². The van der Waals surface area contributed by atoms with Gasteiger partial charge in [-0.15, -0.1) is 0 Å². The summed E-state index contributed by atoms with van der Waals surface area (Å²) in [6, 6.07) is 6.61. The highest BCUT2D eigenvalue weighted by Gasteiger charge is 2.35. The number of hydrogen-bond acceptors (Lipinski definition) is 6. The number of nitrogens with two attached hydrogens (primary N) is 1. The number of carbonyl (C=O) groups is 1. The molecule has 164 valence electrons. The minimum absolute atomic E-state index is 0.155. The molecule has 5 rings (SSSR count). The fraction of sp³-hybridized carbons (Fsp3) is 0.304. The number of nitrogens with zero attached hydrogens (tertiary/aromatic N) is 6. The van der Waals surface area contributed by atoms with E-state index in [4.69, 9.17) is 5.73 Å². The number of aryl methyl sites for hydroxylation is 3. The number of pyridine rings is 2. The topological polar surface area (TPSA) is 93.2 Å². The predicted molar refractivity (Wildman–Crippen MR) is 122 cm³/mol. The van der Waals surface area contributed by atoms with E-state index in [1.54, 1.807) is 14.7 Å². The molecule has 0 spiro atoms. The maximum Gasteiger partial charge on any atom is 0.272 e. The third-order valence-corrected chi connectivity index (χ3v) is 6.03. The van der Waals surface area contributed by atoms with Crippen molar-refractivity contribution >= 4 is 39.3 Å². The maximum absolute atomic E-state index is 14.5. The van der Waals surface area contributed by atoms with E-state index in [1.807, 2.05) is 40.0 Å². The van der Waals surface area contributed by atoms with Crippen molar-refractivity contribution in [1.82, 2.24) is 24.8 Å². The SMILES string of the molecule is Cc1cc2nc(N)c3c(C)nn(C)c3c2cc1C(=O)N1CC(C)CN1c1ncccc1F. The molecular weight excluding hydrogens is 409 g/mol. The molecule has 0 bridgehead atoms. The number of carbonyl (C=O) groups excluding carboxylic acids is 1. The van der Waals surface area contributed by atoms with E-state index in [0.29, 0.717) is 30.0 Å². The minimum atomic E-state index is -0.457. The summed E-state index contributed by atoms with van der Waals surface area (Å²) >= 11 is 0. The Kier molecular flexibility index (Phi) is 4.51. The number of hydrazine groups is 1. The first-order valence-corrected chi connectivity index (χ1v) is 10.5. The van der Waals surface area contributed by atoms with E-state index >= 15 is 0 Å². The smallest absolute Gasteiger partial charge is 0.272 e. The van der Waals surface area contributed by atoms with Crippen LogP contribution in [0.2, 0.25) is 0 Å². The molecule has 2 N–H and O–H groups in total. The summed E-state index contributed by atoms with van der Waals surface area (Å²) in [5, 5.41) is 9.30. The average molecular weight is 433 g/mol. The molecule has 1 saturated heterocycles. The Bertz CT molecular complexity index is 1400. The number of amides is 1. The van der Waals surface area contributed by atoms with Crippen LogP contribution in [-0.4, -0.2) is 43.8 Å². The zero-order valence-electron chi connectivity index (χ0n) is 18.4. The van der Waals surface area contributed by atoms with Gasteiger partial charge in [-0.05, 0) is 49.6 Å². The van der Waals surface area contributed by atoms with Crippen molar-refractivity contribution in [3.05, 3.63) is 53.1 Å². The van der Waals surface area contributed by atoms with Gasteiger partial charge in [0.1, 0.15) is 5.82 Å². The van der Waals surface area contributed by atoms with E-state index in [0.717, 1.165) is 27.5 Å². The lowest BCUT2D eigenvalue weighted by Gasteiger charge is -2.29. The Morgan fingerprint density at radius 3 is 2.78 bits per heavy atom. The number of halogens is 1. The number of fused-ring (bicyclic) bond motifs is 3. The van der Waals surface area contributed by atoms with E-state index in [-0.39, 0.29) is 17.6 Å². The maximum atomic E-state index is 14.5. The quantitative estimate of drug-likeness (QED) is 0.521. The van der Waals surface area contributed by atoms with Crippen LogP contribution in [0.15, 0.2) is 30.5 Å². The molecule has 1 aliphatic heterocycles. The summed E-state index contributed by atoms with van der Waals surface area (Å²) in [5.74, 6) is 0.0857. The van der Waals surface area contributed by atoms with Gasteiger partial charge in [0.15, 0.2) is 11.6 Å². The summed E-state index contributed by atoms with van der Waals surface area (Å²) in [5.41, 5.74) is 9.83. The zero-order valence-corrected chi connectivity index (χ0v) is 18.4. The standard InChI is InChI=1S/C23H24FN7O/c1-12-10-30(22-17(24)6-5-7-26-22)31(11-12)23(32)15-9-16-18(8-13(15)2)27-21(25)19-14(3)28-29(4)20(16)19/h5-9,12H,10-11H2,1-4H3,(H2,25,27). The normalized spacial score (nSPS) is 16.5. The Morgan fingerprint density at radius 1 is 1.25 bits per heavy atom. The predicted octanol–water partition coefficient (Wildman–Crippen LogP) is 3.37. The second-order valence-corrected chi connectivity index (χ2v) is 8.50.